The Hall–Kier alpha value is -1.10. The topological polar surface area (TPSA) is 78.4 Å². The number of carboxylic acids is 1. The quantitative estimate of drug-likeness (QED) is 0.657. The molecule has 0 heterocycles. The van der Waals surface area contributed by atoms with Crippen LogP contribution in [-0.4, -0.2) is 35.1 Å². The number of hydrogen-bond acceptors (Lipinski definition) is 3. The first-order valence-corrected chi connectivity index (χ1v) is 7.20. The number of rotatable bonds is 7. The molecule has 0 aromatic carbocycles. The Kier molecular flexibility index (Phi) is 6.28. The molecule has 0 bridgehead atoms. The summed E-state index contributed by atoms with van der Waals surface area (Å²) in [4.78, 5) is 22.9. The lowest BCUT2D eigenvalue weighted by molar-refractivity contribution is -0.139. The van der Waals surface area contributed by atoms with Crippen LogP contribution >= 0.6 is 0 Å². The number of carbonyl (C=O) groups is 2. The number of carbonyl (C=O) groups excluding carboxylic acids is 1. The van der Waals surface area contributed by atoms with Gasteiger partial charge >= 0.3 is 5.97 Å². The van der Waals surface area contributed by atoms with Crippen molar-refractivity contribution in [3.05, 3.63) is 0 Å². The lowest BCUT2D eigenvalue weighted by Crippen LogP contribution is -2.51. The van der Waals surface area contributed by atoms with Gasteiger partial charge in [0.2, 0.25) is 5.91 Å². The summed E-state index contributed by atoms with van der Waals surface area (Å²) in [6.07, 6.45) is 5.13. The first-order chi connectivity index (χ1) is 8.93. The number of amides is 1. The summed E-state index contributed by atoms with van der Waals surface area (Å²) >= 11 is 0. The third-order valence-corrected chi connectivity index (χ3v) is 3.61. The van der Waals surface area contributed by atoms with E-state index in [0.29, 0.717) is 19.0 Å². The maximum Gasteiger partial charge on any atom is 0.305 e. The SMILES string of the molecule is CC(C)NCCC(=O)NC1(CC(=O)O)CCCCC1. The van der Waals surface area contributed by atoms with Crippen LogP contribution < -0.4 is 10.6 Å². The number of hydrogen-bond donors (Lipinski definition) is 3. The van der Waals surface area contributed by atoms with Crippen molar-refractivity contribution in [2.75, 3.05) is 6.54 Å². The van der Waals surface area contributed by atoms with Crippen molar-refractivity contribution in [1.82, 2.24) is 10.6 Å². The Morgan fingerprint density at radius 2 is 1.84 bits per heavy atom. The molecule has 0 aromatic rings. The van der Waals surface area contributed by atoms with E-state index in [1.54, 1.807) is 0 Å². The fourth-order valence-electron chi connectivity index (χ4n) is 2.70. The van der Waals surface area contributed by atoms with E-state index < -0.39 is 11.5 Å². The average molecular weight is 270 g/mol. The summed E-state index contributed by atoms with van der Waals surface area (Å²) in [6.45, 7) is 4.70. The van der Waals surface area contributed by atoms with Crippen molar-refractivity contribution in [3.8, 4) is 0 Å². The minimum Gasteiger partial charge on any atom is -0.481 e. The van der Waals surface area contributed by atoms with Crippen molar-refractivity contribution in [2.24, 2.45) is 0 Å². The maximum absolute atomic E-state index is 11.9. The van der Waals surface area contributed by atoms with Crippen molar-refractivity contribution in [1.29, 1.82) is 0 Å². The summed E-state index contributed by atoms with van der Waals surface area (Å²) in [7, 11) is 0. The fourth-order valence-corrected chi connectivity index (χ4v) is 2.70. The highest BCUT2D eigenvalue weighted by molar-refractivity contribution is 5.78. The Morgan fingerprint density at radius 1 is 1.21 bits per heavy atom. The smallest absolute Gasteiger partial charge is 0.305 e. The van der Waals surface area contributed by atoms with Gasteiger partial charge in [-0.3, -0.25) is 9.59 Å². The van der Waals surface area contributed by atoms with E-state index in [0.717, 1.165) is 32.1 Å². The summed E-state index contributed by atoms with van der Waals surface area (Å²) < 4.78 is 0. The summed E-state index contributed by atoms with van der Waals surface area (Å²) in [5.74, 6) is -0.876. The summed E-state index contributed by atoms with van der Waals surface area (Å²) in [5.41, 5.74) is -0.515. The van der Waals surface area contributed by atoms with E-state index >= 15 is 0 Å². The zero-order valence-corrected chi connectivity index (χ0v) is 12.0. The van der Waals surface area contributed by atoms with Gasteiger partial charge in [-0.05, 0) is 12.8 Å². The van der Waals surface area contributed by atoms with Crippen LogP contribution in [0.3, 0.4) is 0 Å². The van der Waals surface area contributed by atoms with E-state index in [1.807, 2.05) is 13.8 Å². The average Bonchev–Trinajstić information content (AvgIpc) is 2.27. The molecule has 1 aliphatic rings. The van der Waals surface area contributed by atoms with E-state index in [2.05, 4.69) is 10.6 Å². The highest BCUT2D eigenvalue weighted by Gasteiger charge is 2.35. The molecule has 0 spiro atoms. The molecule has 3 N–H and O–H groups in total. The normalized spacial score (nSPS) is 18.3. The second-order valence-corrected chi connectivity index (χ2v) is 5.82. The molecule has 19 heavy (non-hydrogen) atoms. The van der Waals surface area contributed by atoms with Gasteiger partial charge in [-0.15, -0.1) is 0 Å². The van der Waals surface area contributed by atoms with Crippen molar-refractivity contribution in [3.63, 3.8) is 0 Å². The van der Waals surface area contributed by atoms with E-state index in [1.165, 1.54) is 0 Å². The van der Waals surface area contributed by atoms with Crippen molar-refractivity contribution in [2.45, 2.75) is 70.4 Å². The third-order valence-electron chi connectivity index (χ3n) is 3.61. The Balaban J connectivity index is 2.47. The number of carboxylic acid groups (broad SMARTS) is 1. The molecule has 0 aromatic heterocycles. The minimum atomic E-state index is -0.831. The first kappa shape index (κ1) is 16.0. The number of aliphatic carboxylic acids is 1. The highest BCUT2D eigenvalue weighted by Crippen LogP contribution is 2.31. The van der Waals surface area contributed by atoms with Crippen LogP contribution in [0.2, 0.25) is 0 Å². The molecule has 5 nitrogen and oxygen atoms in total. The second-order valence-electron chi connectivity index (χ2n) is 5.82. The van der Waals surface area contributed by atoms with E-state index in [-0.39, 0.29) is 12.3 Å². The molecule has 0 atom stereocenters. The molecule has 1 amide bonds. The highest BCUT2D eigenvalue weighted by atomic mass is 16.4. The standard InChI is InChI=1S/C14H26N2O3/c1-11(2)15-9-6-12(17)16-14(10-13(18)19)7-4-3-5-8-14/h11,15H,3-10H2,1-2H3,(H,16,17)(H,18,19). The van der Waals surface area contributed by atoms with Gasteiger partial charge in [-0.25, -0.2) is 0 Å². The van der Waals surface area contributed by atoms with Gasteiger partial charge in [0.25, 0.3) is 0 Å². The lowest BCUT2D eigenvalue weighted by atomic mass is 9.79. The Morgan fingerprint density at radius 3 is 2.37 bits per heavy atom. The van der Waals surface area contributed by atoms with Gasteiger partial charge in [-0.2, -0.15) is 0 Å². The molecule has 0 unspecified atom stereocenters. The fraction of sp³-hybridized carbons (Fsp3) is 0.857. The van der Waals surface area contributed by atoms with Crippen LogP contribution in [-0.2, 0) is 9.59 Å². The van der Waals surface area contributed by atoms with Gasteiger partial charge in [-0.1, -0.05) is 33.1 Å². The molecular weight excluding hydrogens is 244 g/mol. The monoisotopic (exact) mass is 270 g/mol. The molecular formula is C14H26N2O3. The molecule has 0 saturated heterocycles. The lowest BCUT2D eigenvalue weighted by Gasteiger charge is -2.37. The van der Waals surface area contributed by atoms with Crippen LogP contribution in [0.15, 0.2) is 0 Å². The van der Waals surface area contributed by atoms with Gasteiger partial charge in [0.05, 0.1) is 12.0 Å². The van der Waals surface area contributed by atoms with Crippen LogP contribution in [0, 0.1) is 0 Å². The van der Waals surface area contributed by atoms with Gasteiger partial charge in [0.15, 0.2) is 0 Å². The zero-order chi connectivity index (χ0) is 14.3. The Bertz CT molecular complexity index is 310. The number of nitrogens with one attached hydrogen (secondary N) is 2. The van der Waals surface area contributed by atoms with Crippen LogP contribution in [0.1, 0.15) is 58.8 Å². The van der Waals surface area contributed by atoms with E-state index in [4.69, 9.17) is 5.11 Å². The molecule has 110 valence electrons. The third kappa shape index (κ3) is 6.05. The molecule has 0 aliphatic heterocycles. The predicted molar refractivity (Wildman–Crippen MR) is 74.0 cm³/mol. The minimum absolute atomic E-state index is 0.0380. The van der Waals surface area contributed by atoms with Crippen LogP contribution in [0.5, 0.6) is 0 Å². The maximum atomic E-state index is 11.9. The van der Waals surface area contributed by atoms with Crippen LogP contribution in [0.4, 0.5) is 0 Å². The molecule has 1 aliphatic carbocycles. The second kappa shape index (κ2) is 7.48. The van der Waals surface area contributed by atoms with Crippen LogP contribution in [0.25, 0.3) is 0 Å². The zero-order valence-electron chi connectivity index (χ0n) is 12.0. The Labute approximate surface area is 115 Å². The molecule has 1 saturated carbocycles. The van der Waals surface area contributed by atoms with Crippen molar-refractivity contribution >= 4 is 11.9 Å². The van der Waals surface area contributed by atoms with Gasteiger partial charge in [0.1, 0.15) is 0 Å². The van der Waals surface area contributed by atoms with Gasteiger partial charge < -0.3 is 15.7 Å². The van der Waals surface area contributed by atoms with E-state index in [9.17, 15) is 9.59 Å². The molecule has 1 fully saturated rings. The summed E-state index contributed by atoms with van der Waals surface area (Å²) in [6, 6.07) is 0.357. The molecule has 1 rings (SSSR count). The van der Waals surface area contributed by atoms with Gasteiger partial charge in [0, 0.05) is 19.0 Å². The predicted octanol–water partition coefficient (Wildman–Crippen LogP) is 1.67. The molecule has 0 radical (unpaired) electrons. The first-order valence-electron chi connectivity index (χ1n) is 7.20. The van der Waals surface area contributed by atoms with Crippen molar-refractivity contribution < 1.29 is 14.7 Å². The largest absolute Gasteiger partial charge is 0.481 e. The summed E-state index contributed by atoms with van der Waals surface area (Å²) in [5, 5.41) is 15.2. The molecule has 5 heteroatoms.